The van der Waals surface area contributed by atoms with Crippen molar-refractivity contribution in [3.05, 3.63) is 19.2 Å². The quantitative estimate of drug-likeness (QED) is 0.654. The van der Waals surface area contributed by atoms with Crippen molar-refractivity contribution in [1.29, 1.82) is 0 Å². The summed E-state index contributed by atoms with van der Waals surface area (Å²) in [6, 6.07) is 1.78. The Bertz CT molecular complexity index is 494. The van der Waals surface area contributed by atoms with Crippen LogP contribution >= 0.6 is 43.2 Å². The van der Waals surface area contributed by atoms with Crippen LogP contribution in [0.5, 0.6) is 0 Å². The van der Waals surface area contributed by atoms with E-state index in [2.05, 4.69) is 31.9 Å². The standard InChI is InChI=1S/C13H15Br2NO3S/c1-2-19-11(17)7-16(6-8-3-4-8)13(18)10-5-9(14)12(15)20-10/h5,8H,2-4,6-7H2,1H3. The maximum Gasteiger partial charge on any atom is 0.325 e. The number of hydrogen-bond acceptors (Lipinski definition) is 4. The average molecular weight is 425 g/mol. The Labute approximate surface area is 138 Å². The summed E-state index contributed by atoms with van der Waals surface area (Å²) >= 11 is 8.12. The summed E-state index contributed by atoms with van der Waals surface area (Å²) in [5.41, 5.74) is 0. The van der Waals surface area contributed by atoms with E-state index in [-0.39, 0.29) is 18.4 Å². The fraction of sp³-hybridized carbons (Fsp3) is 0.538. The summed E-state index contributed by atoms with van der Waals surface area (Å²) in [7, 11) is 0. The van der Waals surface area contributed by atoms with Crippen LogP contribution in [0.4, 0.5) is 0 Å². The Morgan fingerprint density at radius 1 is 1.45 bits per heavy atom. The van der Waals surface area contributed by atoms with Crippen molar-refractivity contribution in [2.45, 2.75) is 19.8 Å². The summed E-state index contributed by atoms with van der Waals surface area (Å²) in [5, 5.41) is 0. The number of carbonyl (C=O) groups excluding carboxylic acids is 2. The molecule has 1 saturated carbocycles. The lowest BCUT2D eigenvalue weighted by Gasteiger charge is -2.20. The second-order valence-electron chi connectivity index (χ2n) is 4.67. The summed E-state index contributed by atoms with van der Waals surface area (Å²) in [4.78, 5) is 26.3. The van der Waals surface area contributed by atoms with Gasteiger partial charge in [-0.05, 0) is 63.6 Å². The van der Waals surface area contributed by atoms with Gasteiger partial charge in [0.1, 0.15) is 6.54 Å². The van der Waals surface area contributed by atoms with Gasteiger partial charge in [-0.2, -0.15) is 0 Å². The molecule has 1 heterocycles. The number of carbonyl (C=O) groups is 2. The zero-order valence-electron chi connectivity index (χ0n) is 11.0. The first kappa shape index (κ1) is 16.0. The van der Waals surface area contributed by atoms with Gasteiger partial charge in [-0.3, -0.25) is 9.59 Å². The van der Waals surface area contributed by atoms with Crippen LogP contribution in [0.1, 0.15) is 29.4 Å². The van der Waals surface area contributed by atoms with Gasteiger partial charge in [-0.15, -0.1) is 11.3 Å². The van der Waals surface area contributed by atoms with Crippen LogP contribution in [0.25, 0.3) is 0 Å². The van der Waals surface area contributed by atoms with Crippen molar-refractivity contribution in [3.8, 4) is 0 Å². The second-order valence-corrected chi connectivity index (χ2v) is 7.89. The zero-order chi connectivity index (χ0) is 14.7. The van der Waals surface area contributed by atoms with E-state index in [1.165, 1.54) is 11.3 Å². The third-order valence-electron chi connectivity index (χ3n) is 2.94. The second kappa shape index (κ2) is 7.04. The minimum absolute atomic E-state index is 0.0241. The van der Waals surface area contributed by atoms with E-state index < -0.39 is 0 Å². The first-order valence-electron chi connectivity index (χ1n) is 6.41. The zero-order valence-corrected chi connectivity index (χ0v) is 15.0. The van der Waals surface area contributed by atoms with E-state index in [1.807, 2.05) is 0 Å². The number of thiophene rings is 1. The Morgan fingerprint density at radius 3 is 2.65 bits per heavy atom. The van der Waals surface area contributed by atoms with Gasteiger partial charge >= 0.3 is 5.97 Å². The number of hydrogen-bond donors (Lipinski definition) is 0. The maximum atomic E-state index is 12.5. The molecule has 0 atom stereocenters. The molecule has 0 N–H and O–H groups in total. The third-order valence-corrected chi connectivity index (χ3v) is 6.19. The van der Waals surface area contributed by atoms with Crippen LogP contribution in [0.3, 0.4) is 0 Å². The van der Waals surface area contributed by atoms with Crippen molar-refractivity contribution >= 4 is 55.1 Å². The smallest absolute Gasteiger partial charge is 0.325 e. The highest BCUT2D eigenvalue weighted by molar-refractivity contribution is 9.13. The molecular weight excluding hydrogens is 410 g/mol. The van der Waals surface area contributed by atoms with Crippen LogP contribution < -0.4 is 0 Å². The van der Waals surface area contributed by atoms with Gasteiger partial charge < -0.3 is 9.64 Å². The molecule has 1 aromatic rings. The van der Waals surface area contributed by atoms with E-state index in [9.17, 15) is 9.59 Å². The van der Waals surface area contributed by atoms with Gasteiger partial charge in [0.15, 0.2) is 0 Å². The lowest BCUT2D eigenvalue weighted by molar-refractivity contribution is -0.143. The number of halogens is 2. The molecule has 1 aliphatic rings. The highest BCUT2D eigenvalue weighted by atomic mass is 79.9. The Balaban J connectivity index is 2.08. The molecule has 20 heavy (non-hydrogen) atoms. The summed E-state index contributed by atoms with van der Waals surface area (Å²) in [5.74, 6) is 0.0674. The molecule has 2 rings (SSSR count). The fourth-order valence-electron chi connectivity index (χ4n) is 1.80. The summed E-state index contributed by atoms with van der Waals surface area (Å²) in [6.07, 6.45) is 2.26. The molecule has 0 bridgehead atoms. The molecule has 1 aliphatic carbocycles. The molecule has 7 heteroatoms. The molecule has 1 aromatic heterocycles. The first-order chi connectivity index (χ1) is 9.51. The number of amides is 1. The fourth-order valence-corrected chi connectivity index (χ4v) is 3.81. The van der Waals surface area contributed by atoms with Crippen LogP contribution in [0, 0.1) is 5.92 Å². The predicted octanol–water partition coefficient (Wildman–Crippen LogP) is 3.69. The van der Waals surface area contributed by atoms with Gasteiger partial charge in [-0.25, -0.2) is 0 Å². The number of nitrogens with zero attached hydrogens (tertiary/aromatic N) is 1. The Hall–Kier alpha value is -0.400. The molecule has 1 amide bonds. The van der Waals surface area contributed by atoms with Gasteiger partial charge in [0, 0.05) is 11.0 Å². The average Bonchev–Trinajstić information content (AvgIpc) is 3.14. The van der Waals surface area contributed by atoms with Crippen molar-refractivity contribution in [2.24, 2.45) is 5.92 Å². The van der Waals surface area contributed by atoms with Gasteiger partial charge in [0.25, 0.3) is 5.91 Å². The third kappa shape index (κ3) is 4.30. The minimum Gasteiger partial charge on any atom is -0.465 e. The Morgan fingerprint density at radius 2 is 2.15 bits per heavy atom. The van der Waals surface area contributed by atoms with Gasteiger partial charge in [0.05, 0.1) is 15.3 Å². The number of esters is 1. The minimum atomic E-state index is -0.351. The first-order valence-corrected chi connectivity index (χ1v) is 8.81. The van der Waals surface area contributed by atoms with Crippen LogP contribution in [0.15, 0.2) is 14.3 Å². The molecule has 4 nitrogen and oxygen atoms in total. The highest BCUT2D eigenvalue weighted by Crippen LogP contribution is 2.34. The number of rotatable bonds is 6. The lowest BCUT2D eigenvalue weighted by atomic mass is 10.3. The van der Waals surface area contributed by atoms with E-state index in [4.69, 9.17) is 4.74 Å². The van der Waals surface area contributed by atoms with Crippen molar-refractivity contribution in [1.82, 2.24) is 4.90 Å². The Kier molecular flexibility index (Phi) is 5.63. The van der Waals surface area contributed by atoms with E-state index in [0.29, 0.717) is 23.9 Å². The van der Waals surface area contributed by atoms with Crippen LogP contribution in [0.2, 0.25) is 0 Å². The molecule has 0 radical (unpaired) electrons. The molecule has 0 spiro atoms. The molecule has 0 unspecified atom stereocenters. The van der Waals surface area contributed by atoms with Crippen molar-refractivity contribution in [3.63, 3.8) is 0 Å². The number of ether oxygens (including phenoxy) is 1. The SMILES string of the molecule is CCOC(=O)CN(CC1CC1)C(=O)c1cc(Br)c(Br)s1. The highest BCUT2D eigenvalue weighted by Gasteiger charge is 2.29. The molecule has 0 aromatic carbocycles. The van der Waals surface area contributed by atoms with Gasteiger partial charge in [-0.1, -0.05) is 0 Å². The lowest BCUT2D eigenvalue weighted by Crippen LogP contribution is -2.37. The van der Waals surface area contributed by atoms with E-state index >= 15 is 0 Å². The van der Waals surface area contributed by atoms with E-state index in [0.717, 1.165) is 21.1 Å². The molecule has 0 saturated heterocycles. The molecule has 110 valence electrons. The van der Waals surface area contributed by atoms with Crippen LogP contribution in [-0.2, 0) is 9.53 Å². The van der Waals surface area contributed by atoms with Crippen LogP contribution in [-0.4, -0.2) is 36.5 Å². The van der Waals surface area contributed by atoms with Gasteiger partial charge in [0.2, 0.25) is 0 Å². The molecular formula is C13H15Br2NO3S. The topological polar surface area (TPSA) is 46.6 Å². The predicted molar refractivity (Wildman–Crippen MR) is 85.0 cm³/mol. The summed E-state index contributed by atoms with van der Waals surface area (Å²) in [6.45, 7) is 2.75. The summed E-state index contributed by atoms with van der Waals surface area (Å²) < 4.78 is 6.67. The molecule has 1 fully saturated rings. The van der Waals surface area contributed by atoms with Crippen molar-refractivity contribution in [2.75, 3.05) is 19.7 Å². The molecule has 0 aliphatic heterocycles. The monoisotopic (exact) mass is 423 g/mol. The van der Waals surface area contributed by atoms with Crippen molar-refractivity contribution < 1.29 is 14.3 Å². The normalized spacial score (nSPS) is 14.2. The van der Waals surface area contributed by atoms with E-state index in [1.54, 1.807) is 17.9 Å². The maximum absolute atomic E-state index is 12.5. The largest absolute Gasteiger partial charge is 0.465 e.